The normalized spacial score (nSPS) is 35.8. The molecule has 1 fully saturated rings. The number of aliphatic hydroxyl groups is 8. The Morgan fingerprint density at radius 3 is 1.95 bits per heavy atom. The van der Waals surface area contributed by atoms with Crippen LogP contribution in [0, 0.1) is 0 Å². The van der Waals surface area contributed by atoms with Crippen molar-refractivity contribution >= 4 is 5.78 Å². The van der Waals surface area contributed by atoms with Gasteiger partial charge in [-0.1, -0.05) is 0 Å². The van der Waals surface area contributed by atoms with E-state index in [0.29, 0.717) is 0 Å². The second kappa shape index (κ2) is 9.45. The summed E-state index contributed by atoms with van der Waals surface area (Å²) in [6.45, 7) is 1.90. The van der Waals surface area contributed by atoms with Crippen molar-refractivity contribution in [1.29, 1.82) is 0 Å². The van der Waals surface area contributed by atoms with Crippen LogP contribution in [0.1, 0.15) is 13.8 Å². The van der Waals surface area contributed by atoms with Crippen molar-refractivity contribution in [3.63, 3.8) is 0 Å². The molecule has 1 heterocycles. The van der Waals surface area contributed by atoms with Gasteiger partial charge < -0.3 is 45.6 Å². The highest BCUT2D eigenvalue weighted by Crippen LogP contribution is 2.18. The van der Waals surface area contributed by atoms with Gasteiger partial charge in [-0.25, -0.2) is 0 Å². The van der Waals surface area contributed by atoms with E-state index < -0.39 is 61.4 Å². The molecule has 1 rings (SSSR count). The Kier molecular flexibility index (Phi) is 9.15. The van der Waals surface area contributed by atoms with Crippen LogP contribution in [0.2, 0.25) is 0 Å². The maximum atomic E-state index is 10.5. The largest absolute Gasteiger partial charge is 0.391 e. The van der Waals surface area contributed by atoms with Crippen molar-refractivity contribution in [2.75, 3.05) is 6.61 Å². The van der Waals surface area contributed by atoms with E-state index in [1.807, 2.05) is 0 Å². The first-order valence-electron chi connectivity index (χ1n) is 6.60. The number of ether oxygens (including phenoxy) is 1. The highest BCUT2D eigenvalue weighted by Gasteiger charge is 2.40. The molecule has 10 nitrogen and oxygen atoms in total. The number of rotatable bonds is 4. The Morgan fingerprint density at radius 2 is 1.55 bits per heavy atom. The van der Waals surface area contributed by atoms with Gasteiger partial charge in [0.1, 0.15) is 37.1 Å². The van der Waals surface area contributed by atoms with Gasteiger partial charge in [-0.15, -0.1) is 0 Å². The molecule has 0 aromatic rings. The molecule has 1 aliphatic rings. The second-order valence-corrected chi connectivity index (χ2v) is 5.00. The molecule has 1 aliphatic heterocycles. The zero-order chi connectivity index (χ0) is 17.6. The van der Waals surface area contributed by atoms with Crippen LogP contribution < -0.4 is 0 Å². The number of hydrogen-bond acceptors (Lipinski definition) is 10. The first kappa shape index (κ1) is 21.3. The van der Waals surface area contributed by atoms with Crippen LogP contribution in [-0.2, 0) is 9.53 Å². The lowest BCUT2D eigenvalue weighted by molar-refractivity contribution is -0.277. The van der Waals surface area contributed by atoms with E-state index in [1.165, 1.54) is 13.8 Å². The van der Waals surface area contributed by atoms with Crippen molar-refractivity contribution in [2.45, 2.75) is 62.9 Å². The summed E-state index contributed by atoms with van der Waals surface area (Å²) in [7, 11) is 0. The summed E-state index contributed by atoms with van der Waals surface area (Å²) >= 11 is 0. The quantitative estimate of drug-likeness (QED) is 0.249. The number of ketones is 1. The van der Waals surface area contributed by atoms with Crippen LogP contribution in [-0.4, -0.2) is 102 Å². The van der Waals surface area contributed by atoms with Gasteiger partial charge >= 0.3 is 0 Å². The van der Waals surface area contributed by atoms with E-state index in [9.17, 15) is 4.79 Å². The van der Waals surface area contributed by atoms with Gasteiger partial charge in [-0.2, -0.15) is 0 Å². The number of Topliss-reactive ketones (excluding diaryl/α,β-unsaturated/α-hetero) is 1. The number of aliphatic hydroxyl groups excluding tert-OH is 8. The minimum atomic E-state index is -1.71. The fraction of sp³-hybridized carbons (Fsp3) is 0.917. The number of carbonyl (C=O) groups is 1. The maximum Gasteiger partial charge on any atom is 0.189 e. The lowest BCUT2D eigenvalue weighted by Crippen LogP contribution is -2.56. The summed E-state index contributed by atoms with van der Waals surface area (Å²) in [6, 6.07) is 0. The minimum absolute atomic E-state index is 0.664. The summed E-state index contributed by atoms with van der Waals surface area (Å²) < 4.78 is 4.68. The Morgan fingerprint density at radius 1 is 1.05 bits per heavy atom. The van der Waals surface area contributed by atoms with Gasteiger partial charge in [0.05, 0.1) is 12.2 Å². The van der Waals surface area contributed by atoms with Gasteiger partial charge in [0.2, 0.25) is 0 Å². The molecular weight excluding hydrogens is 304 g/mol. The van der Waals surface area contributed by atoms with Gasteiger partial charge in [0.15, 0.2) is 12.1 Å². The third-order valence-corrected chi connectivity index (χ3v) is 3.13. The Hall–Kier alpha value is -0.690. The number of carbonyl (C=O) groups excluding carboxylic acids is 1. The van der Waals surface area contributed by atoms with E-state index in [2.05, 4.69) is 4.74 Å². The Balaban J connectivity index is 0.000000401. The van der Waals surface area contributed by atoms with Crippen LogP contribution in [0.25, 0.3) is 0 Å². The van der Waals surface area contributed by atoms with Crippen LogP contribution in [0.15, 0.2) is 0 Å². The smallest absolute Gasteiger partial charge is 0.189 e. The summed E-state index contributed by atoms with van der Waals surface area (Å²) in [5.41, 5.74) is 0. The molecule has 0 saturated carbocycles. The molecule has 8 N–H and O–H groups in total. The molecule has 22 heavy (non-hydrogen) atoms. The molecule has 0 radical (unpaired) electrons. The standard InChI is InChI=1S/2C6H12O5/c1-2-3(7)4(8)5(9)6(10)11-2;1-3(8)5(10)6(11)4(9)2-7/h2-10H,1H3;3,5-8,10-11H,2H2,1H3/t2?,3-,4+,5?,6+;3-,5+,6-/m10/s1. The monoisotopic (exact) mass is 328 g/mol. The van der Waals surface area contributed by atoms with Crippen LogP contribution in [0.5, 0.6) is 0 Å². The highest BCUT2D eigenvalue weighted by molar-refractivity contribution is 5.84. The Bertz CT molecular complexity index is 322. The maximum absolute atomic E-state index is 10.5. The molecule has 0 aromatic carbocycles. The molecule has 0 amide bonds. The van der Waals surface area contributed by atoms with E-state index in [-0.39, 0.29) is 0 Å². The van der Waals surface area contributed by atoms with Crippen molar-refractivity contribution in [2.24, 2.45) is 0 Å². The van der Waals surface area contributed by atoms with Crippen molar-refractivity contribution in [3.05, 3.63) is 0 Å². The lowest BCUT2D eigenvalue weighted by atomic mass is 10.0. The van der Waals surface area contributed by atoms with Crippen LogP contribution in [0.4, 0.5) is 0 Å². The first-order valence-corrected chi connectivity index (χ1v) is 6.60. The lowest BCUT2D eigenvalue weighted by Gasteiger charge is -2.36. The fourth-order valence-corrected chi connectivity index (χ4v) is 1.58. The molecule has 0 spiro atoms. The molecule has 0 bridgehead atoms. The van der Waals surface area contributed by atoms with Crippen molar-refractivity contribution in [1.82, 2.24) is 0 Å². The predicted octanol–water partition coefficient (Wildman–Crippen LogP) is -4.54. The number of hydrogen-bond donors (Lipinski definition) is 8. The summed E-state index contributed by atoms with van der Waals surface area (Å²) in [4.78, 5) is 10.5. The van der Waals surface area contributed by atoms with Gasteiger partial charge in [0, 0.05) is 0 Å². The molecule has 2 unspecified atom stereocenters. The zero-order valence-corrected chi connectivity index (χ0v) is 12.2. The van der Waals surface area contributed by atoms with E-state index in [0.717, 1.165) is 0 Å². The summed E-state index contributed by atoms with van der Waals surface area (Å²) in [5.74, 6) is -0.904. The Labute approximate surface area is 126 Å². The fourth-order valence-electron chi connectivity index (χ4n) is 1.58. The third kappa shape index (κ3) is 5.83. The van der Waals surface area contributed by atoms with Gasteiger partial charge in [-0.05, 0) is 13.8 Å². The molecule has 10 heteroatoms. The van der Waals surface area contributed by atoms with Gasteiger partial charge in [-0.3, -0.25) is 4.79 Å². The van der Waals surface area contributed by atoms with Crippen molar-refractivity contribution < 1.29 is 50.4 Å². The molecule has 0 aromatic heterocycles. The highest BCUT2D eigenvalue weighted by atomic mass is 16.6. The van der Waals surface area contributed by atoms with Crippen molar-refractivity contribution in [3.8, 4) is 0 Å². The average molecular weight is 328 g/mol. The van der Waals surface area contributed by atoms with Crippen LogP contribution in [0.3, 0.4) is 0 Å². The molecular formula is C12H24O10. The zero-order valence-electron chi connectivity index (χ0n) is 12.2. The van der Waals surface area contributed by atoms with E-state index in [4.69, 9.17) is 40.9 Å². The van der Waals surface area contributed by atoms with E-state index in [1.54, 1.807) is 0 Å². The second-order valence-electron chi connectivity index (χ2n) is 5.00. The van der Waals surface area contributed by atoms with Crippen LogP contribution >= 0.6 is 0 Å². The summed E-state index contributed by atoms with van der Waals surface area (Å²) in [6.07, 6.45) is -10.4. The average Bonchev–Trinajstić information content (AvgIpc) is 2.49. The first-order chi connectivity index (χ1) is 10.0. The van der Waals surface area contributed by atoms with Gasteiger partial charge in [0.25, 0.3) is 0 Å². The summed E-state index contributed by atoms with van der Waals surface area (Å²) in [5, 5.41) is 70.6. The SMILES string of the molecule is CC1O[C@H](O)C(O)[C@@H](O)[C@@H]1O.C[C@H](O)[C@@H](O)[C@@H](O)C(=O)CO. The third-order valence-electron chi connectivity index (χ3n) is 3.13. The van der Waals surface area contributed by atoms with E-state index >= 15 is 0 Å². The predicted molar refractivity (Wildman–Crippen MR) is 70.4 cm³/mol. The molecule has 132 valence electrons. The molecule has 1 saturated heterocycles. The minimum Gasteiger partial charge on any atom is -0.391 e. The molecule has 8 atom stereocenters. The topological polar surface area (TPSA) is 188 Å². The molecule has 0 aliphatic carbocycles.